The van der Waals surface area contributed by atoms with Crippen molar-refractivity contribution in [2.75, 3.05) is 30.6 Å². The van der Waals surface area contributed by atoms with Gasteiger partial charge >= 0.3 is 0 Å². The molecule has 5 nitrogen and oxygen atoms in total. The quantitative estimate of drug-likeness (QED) is 0.133. The van der Waals surface area contributed by atoms with Gasteiger partial charge in [0.15, 0.2) is 0 Å². The van der Waals surface area contributed by atoms with E-state index in [0.29, 0.717) is 0 Å². The highest BCUT2D eigenvalue weighted by Gasteiger charge is 2.02. The van der Waals surface area contributed by atoms with Crippen LogP contribution in [0, 0.1) is 6.92 Å². The van der Waals surface area contributed by atoms with E-state index in [9.17, 15) is 0 Å². The molecule has 0 spiro atoms. The summed E-state index contributed by atoms with van der Waals surface area (Å²) in [6, 6.07) is 57.2. The Morgan fingerprint density at radius 2 is 0.654 bits per heavy atom. The number of hydrogen-bond acceptors (Lipinski definition) is 5. The van der Waals surface area contributed by atoms with Crippen LogP contribution in [0.3, 0.4) is 0 Å². The molecule has 7 aromatic rings. The van der Waals surface area contributed by atoms with E-state index < -0.39 is 0 Å². The predicted molar refractivity (Wildman–Crippen MR) is 227 cm³/mol. The van der Waals surface area contributed by atoms with E-state index in [1.54, 1.807) is 26.4 Å². The molecule has 0 aliphatic carbocycles. The average Bonchev–Trinajstić information content (AvgIpc) is 3.18. The van der Waals surface area contributed by atoms with E-state index in [0.717, 1.165) is 48.9 Å². The van der Waals surface area contributed by atoms with Crippen LogP contribution >= 0.6 is 31.9 Å². The van der Waals surface area contributed by atoms with Crippen LogP contribution in [0.4, 0.5) is 28.4 Å². The summed E-state index contributed by atoms with van der Waals surface area (Å²) in [6.45, 7) is 2.09. The zero-order valence-electron chi connectivity index (χ0n) is 29.3. The molecular weight excluding hydrogens is 774 g/mol. The second-order valence-corrected chi connectivity index (χ2v) is 13.6. The minimum atomic E-state index is 0.760. The number of aryl methyl sites for hydroxylation is 1. The van der Waals surface area contributed by atoms with Crippen LogP contribution in [0.2, 0.25) is 0 Å². The monoisotopic (exact) mass is 813 g/mol. The Hall–Kier alpha value is -5.50. The lowest BCUT2D eigenvalue weighted by Gasteiger charge is -2.10. The molecule has 0 unspecified atom stereocenters. The largest absolute Gasteiger partial charge is 0.497 e. The lowest BCUT2D eigenvalue weighted by molar-refractivity contribution is 0.415. The molecule has 0 aliphatic rings. The molecule has 0 atom stereocenters. The van der Waals surface area contributed by atoms with Gasteiger partial charge in [0.25, 0.3) is 0 Å². The molecule has 7 heteroatoms. The third-order valence-electron chi connectivity index (χ3n) is 7.96. The summed E-state index contributed by atoms with van der Waals surface area (Å²) in [5, 5.41) is 6.84. The average molecular weight is 816 g/mol. The van der Waals surface area contributed by atoms with Gasteiger partial charge in [0.05, 0.1) is 14.2 Å². The molecule has 0 aromatic heterocycles. The van der Waals surface area contributed by atoms with Crippen molar-refractivity contribution >= 4 is 60.3 Å². The molecule has 262 valence electrons. The van der Waals surface area contributed by atoms with E-state index in [2.05, 4.69) is 171 Å². The van der Waals surface area contributed by atoms with Crippen molar-refractivity contribution in [2.45, 2.75) is 6.92 Å². The maximum Gasteiger partial charge on any atom is 0.119 e. The van der Waals surface area contributed by atoms with Gasteiger partial charge in [-0.25, -0.2) is 0 Å². The molecule has 7 rings (SSSR count). The molecule has 0 bridgehead atoms. The third kappa shape index (κ3) is 11.8. The van der Waals surface area contributed by atoms with Gasteiger partial charge in [-0.1, -0.05) is 98.1 Å². The first kappa shape index (κ1) is 37.7. The Morgan fingerprint density at radius 1 is 0.385 bits per heavy atom. The fraction of sp³-hybridized carbons (Fsp3) is 0.0667. The maximum atomic E-state index is 5.43. The number of nitrogen functional groups attached to an aromatic ring is 1. The van der Waals surface area contributed by atoms with Crippen LogP contribution in [-0.2, 0) is 0 Å². The zero-order valence-corrected chi connectivity index (χ0v) is 32.5. The Morgan fingerprint density at radius 3 is 0.981 bits per heavy atom. The van der Waals surface area contributed by atoms with Crippen LogP contribution in [0.25, 0.3) is 22.3 Å². The van der Waals surface area contributed by atoms with Gasteiger partial charge in [-0.05, 0) is 138 Å². The predicted octanol–water partition coefficient (Wildman–Crippen LogP) is 13.3. The van der Waals surface area contributed by atoms with E-state index >= 15 is 0 Å². The van der Waals surface area contributed by atoms with Crippen LogP contribution in [-0.4, -0.2) is 14.2 Å². The van der Waals surface area contributed by atoms with Gasteiger partial charge in [-0.3, -0.25) is 0 Å². The number of hydrogen-bond donors (Lipinski definition) is 3. The number of nitrogens with two attached hydrogens (primary N) is 1. The van der Waals surface area contributed by atoms with Gasteiger partial charge in [-0.15, -0.1) is 0 Å². The molecular formula is C45H41Br2N3O2. The van der Waals surface area contributed by atoms with Crippen molar-refractivity contribution < 1.29 is 9.47 Å². The Labute approximate surface area is 323 Å². The lowest BCUT2D eigenvalue weighted by atomic mass is 10.0. The first-order valence-electron chi connectivity index (χ1n) is 16.6. The Bertz CT molecular complexity index is 2040. The standard InChI is InChI=1S/C26H24N2O.C12H8Br2.C7H9NO/c1-19-3-9-22(10-4-19)27-23-11-5-20(6-12-23)21-7-13-24(14-8-21)28-25-15-17-26(29-2)18-16-25;13-11-5-1-9(2-6-11)10-3-7-12(14)8-4-10;1-9-7-4-2-6(8)3-5-7/h3-18,27-28H,1-2H3;1-8H;2-5H,8H2,1H3. The van der Waals surface area contributed by atoms with Crippen LogP contribution in [0.1, 0.15) is 5.56 Å². The van der Waals surface area contributed by atoms with Gasteiger partial charge in [-0.2, -0.15) is 0 Å². The maximum absolute atomic E-state index is 5.43. The zero-order chi connectivity index (χ0) is 36.7. The smallest absolute Gasteiger partial charge is 0.119 e. The molecule has 0 aliphatic heterocycles. The summed E-state index contributed by atoms with van der Waals surface area (Å²) >= 11 is 6.84. The summed E-state index contributed by atoms with van der Waals surface area (Å²) in [5.74, 6) is 1.69. The fourth-order valence-electron chi connectivity index (χ4n) is 5.03. The molecule has 0 saturated carbocycles. The summed E-state index contributed by atoms with van der Waals surface area (Å²) in [7, 11) is 3.30. The number of halogens is 2. The van der Waals surface area contributed by atoms with Gasteiger partial charge < -0.3 is 25.8 Å². The number of ether oxygens (including phenoxy) is 2. The highest BCUT2D eigenvalue weighted by Crippen LogP contribution is 2.27. The number of rotatable bonds is 8. The van der Waals surface area contributed by atoms with Crippen molar-refractivity contribution in [3.05, 3.63) is 184 Å². The molecule has 0 fully saturated rings. The summed E-state index contributed by atoms with van der Waals surface area (Å²) in [6.07, 6.45) is 0. The highest BCUT2D eigenvalue weighted by atomic mass is 79.9. The molecule has 52 heavy (non-hydrogen) atoms. The first-order valence-corrected chi connectivity index (χ1v) is 18.2. The molecule has 0 radical (unpaired) electrons. The second-order valence-electron chi connectivity index (χ2n) is 11.8. The molecule has 0 amide bonds. The van der Waals surface area contributed by atoms with Crippen LogP contribution in [0.15, 0.2) is 179 Å². The van der Waals surface area contributed by atoms with E-state index in [1.807, 2.05) is 36.4 Å². The summed E-state index contributed by atoms with van der Waals surface area (Å²) in [5.41, 5.74) is 16.6. The van der Waals surface area contributed by atoms with Crippen molar-refractivity contribution in [1.82, 2.24) is 0 Å². The van der Waals surface area contributed by atoms with Crippen LogP contribution in [0.5, 0.6) is 11.5 Å². The molecule has 4 N–H and O–H groups in total. The Balaban J connectivity index is 0.000000186. The molecule has 7 aromatic carbocycles. The fourth-order valence-corrected chi connectivity index (χ4v) is 5.55. The normalized spacial score (nSPS) is 10.1. The van der Waals surface area contributed by atoms with Gasteiger partial charge in [0.2, 0.25) is 0 Å². The first-order chi connectivity index (χ1) is 25.3. The lowest BCUT2D eigenvalue weighted by Crippen LogP contribution is -1.91. The van der Waals surface area contributed by atoms with Crippen molar-refractivity contribution in [1.29, 1.82) is 0 Å². The van der Waals surface area contributed by atoms with Crippen molar-refractivity contribution in [3.63, 3.8) is 0 Å². The summed E-state index contributed by atoms with van der Waals surface area (Å²) < 4.78 is 12.3. The van der Waals surface area contributed by atoms with E-state index in [-0.39, 0.29) is 0 Å². The highest BCUT2D eigenvalue weighted by molar-refractivity contribution is 9.10. The number of methoxy groups -OCH3 is 2. The second kappa shape index (κ2) is 19.2. The minimum Gasteiger partial charge on any atom is -0.497 e. The van der Waals surface area contributed by atoms with Crippen molar-refractivity contribution in [2.24, 2.45) is 0 Å². The number of anilines is 5. The molecule has 0 heterocycles. The van der Waals surface area contributed by atoms with Gasteiger partial charge in [0.1, 0.15) is 11.5 Å². The van der Waals surface area contributed by atoms with E-state index in [1.165, 1.54) is 27.8 Å². The van der Waals surface area contributed by atoms with Crippen molar-refractivity contribution in [3.8, 4) is 33.8 Å². The third-order valence-corrected chi connectivity index (χ3v) is 9.02. The number of benzene rings is 7. The Kier molecular flexibility index (Phi) is 13.9. The van der Waals surface area contributed by atoms with E-state index in [4.69, 9.17) is 15.2 Å². The van der Waals surface area contributed by atoms with Gasteiger partial charge in [0, 0.05) is 37.4 Å². The topological polar surface area (TPSA) is 68.5 Å². The molecule has 0 saturated heterocycles. The summed E-state index contributed by atoms with van der Waals surface area (Å²) in [4.78, 5) is 0. The minimum absolute atomic E-state index is 0.760. The number of nitrogens with one attached hydrogen (secondary N) is 2. The van der Waals surface area contributed by atoms with Crippen LogP contribution < -0.4 is 25.8 Å². The SMILES string of the molecule is Brc1ccc(-c2ccc(Br)cc2)cc1.COc1ccc(N)cc1.COc1ccc(Nc2ccc(-c3ccc(Nc4ccc(C)cc4)cc3)cc2)cc1.